The Labute approximate surface area is 469 Å². The van der Waals surface area contributed by atoms with Crippen LogP contribution in [0.3, 0.4) is 0 Å². The van der Waals surface area contributed by atoms with E-state index in [1.165, 1.54) is 45.4 Å². The number of aromatic amines is 1. The molecule has 83 heavy (non-hydrogen) atoms. The molecule has 9 amide bonds. The fourth-order valence-electron chi connectivity index (χ4n) is 8.35. The number of hydrogen-bond donors (Lipinski definition) is 14. The highest BCUT2D eigenvalue weighted by atomic mass is 19.1. The van der Waals surface area contributed by atoms with Crippen molar-refractivity contribution in [1.29, 1.82) is 0 Å². The predicted octanol–water partition coefficient (Wildman–Crippen LogP) is -0.683. The summed E-state index contributed by atoms with van der Waals surface area (Å²) in [5.41, 5.74) is 3.76. The number of aliphatic hydroxyl groups is 1. The number of carbonyl (C=O) groups is 11. The van der Waals surface area contributed by atoms with Gasteiger partial charge >= 0.3 is 11.9 Å². The number of fused-ring (bicyclic) bond motifs is 2. The number of imidazole rings is 1. The Hall–Kier alpha value is -9.87. The summed E-state index contributed by atoms with van der Waals surface area (Å²) >= 11 is 0. The largest absolute Gasteiger partial charge is 0.505 e. The highest BCUT2D eigenvalue weighted by molar-refractivity contribution is 6.09. The number of aromatic hydroxyl groups is 1. The Morgan fingerprint density at radius 3 is 1.89 bits per heavy atom. The number of aromatic carboxylic acids is 1. The standard InChI is InChI=1S/C53H61F2N11O17/c1-22(60-47(75)23(2)62-52(80)44(25(4)67)66-51(79)37(15-28-20-57-21-59-28)65-50(78)36(63-26(5)68)11-12-42(71)72)46(74)61-24(3)48(76)64-35(45(56)73)8-6-7-13-58-49(77)27-9-10-29(30(14-27)53(81)82)43-31-16-33(54)38(69)18-40(31)83-41-19-39(70)34(55)17-32(41)43/h9-10,14,16-25,35-37,44,67,69H,6-8,11-13,15H2,1-5H3,(H2,56,73)(H,57,59)(H,58,77)(H,60,75)(H,61,74)(H,62,80)(H,63,68)(H,64,76)(H,65,78)(H,66,79)(H,71,72)(H,81,82)/t22-,23-,24-,25+,35-,36-,37-,44-/m0/s1. The molecule has 0 unspecified atom stereocenters. The predicted molar refractivity (Wildman–Crippen MR) is 286 cm³/mol. The highest BCUT2D eigenvalue weighted by Gasteiger charge is 2.34. The van der Waals surface area contributed by atoms with Gasteiger partial charge in [-0.3, -0.25) is 52.7 Å². The molecule has 1 aromatic heterocycles. The van der Waals surface area contributed by atoms with E-state index in [0.29, 0.717) is 5.69 Å². The van der Waals surface area contributed by atoms with Crippen LogP contribution in [0.15, 0.2) is 64.2 Å². The van der Waals surface area contributed by atoms with Gasteiger partial charge in [-0.2, -0.15) is 0 Å². The van der Waals surface area contributed by atoms with Gasteiger partial charge in [0.2, 0.25) is 52.7 Å². The number of carboxylic acid groups (broad SMARTS) is 2. The summed E-state index contributed by atoms with van der Waals surface area (Å²) in [6.45, 7) is 5.96. The summed E-state index contributed by atoms with van der Waals surface area (Å²) in [7, 11) is 0. The van der Waals surface area contributed by atoms with Gasteiger partial charge in [-0.15, -0.1) is 0 Å². The zero-order chi connectivity index (χ0) is 61.6. The van der Waals surface area contributed by atoms with Crippen molar-refractivity contribution < 1.29 is 86.4 Å². The number of phenolic OH excluding ortho intramolecular Hbond substituents is 1. The van der Waals surface area contributed by atoms with E-state index in [0.717, 1.165) is 44.2 Å². The molecule has 15 N–H and O–H groups in total. The van der Waals surface area contributed by atoms with Gasteiger partial charge in [-0.1, -0.05) is 6.07 Å². The van der Waals surface area contributed by atoms with Gasteiger partial charge < -0.3 is 78.1 Å². The van der Waals surface area contributed by atoms with Crippen LogP contribution in [0.2, 0.25) is 0 Å². The van der Waals surface area contributed by atoms with E-state index in [-0.39, 0.29) is 77.6 Å². The van der Waals surface area contributed by atoms with Crippen LogP contribution in [-0.4, -0.2) is 150 Å². The fourth-order valence-corrected chi connectivity index (χ4v) is 8.35. The van der Waals surface area contributed by atoms with Crippen LogP contribution in [0.25, 0.3) is 33.4 Å². The van der Waals surface area contributed by atoms with E-state index in [1.54, 1.807) is 0 Å². The second-order valence-electron chi connectivity index (χ2n) is 19.3. The minimum Gasteiger partial charge on any atom is -0.505 e. The molecule has 3 aromatic rings. The maximum absolute atomic E-state index is 14.7. The van der Waals surface area contributed by atoms with E-state index < -0.39 is 148 Å². The number of benzene rings is 3. The third-order valence-corrected chi connectivity index (χ3v) is 12.8. The number of rotatable bonds is 28. The van der Waals surface area contributed by atoms with Crippen LogP contribution in [0, 0.1) is 11.6 Å². The quantitative estimate of drug-likeness (QED) is 0.0218. The van der Waals surface area contributed by atoms with E-state index in [2.05, 4.69) is 52.5 Å². The molecule has 2 aromatic carbocycles. The van der Waals surface area contributed by atoms with Gasteiger partial charge in [-0.05, 0) is 83.2 Å². The van der Waals surface area contributed by atoms with Crippen LogP contribution in [0.5, 0.6) is 5.75 Å². The minimum absolute atomic E-state index is 0.0224. The Bertz CT molecular complexity index is 3340. The number of aliphatic hydroxyl groups excluding tert-OH is 1. The molecule has 1 aliphatic carbocycles. The molecule has 444 valence electrons. The SMILES string of the molecule is CC(=O)N[C@@H](CCC(=O)O)C(=O)N[C@@H](Cc1cnc[nH]1)C(=O)N[C@H](C(=O)N[C@@H](C)C(=O)N[C@@H](C)C(=O)N[C@@H](C)C(=O)N[C@@H](CCCCNC(=O)c1ccc(-c2c3cc(F)c(=O)cc-3oc3cc(O)c(F)cc23)c(C(=O)O)c1)C(N)=O)[C@@H](C)O. The van der Waals surface area contributed by atoms with E-state index in [4.69, 9.17) is 15.3 Å². The first-order valence-corrected chi connectivity index (χ1v) is 25.6. The van der Waals surface area contributed by atoms with Crippen LogP contribution < -0.4 is 53.7 Å². The molecule has 2 aliphatic rings. The first kappa shape index (κ1) is 64.0. The summed E-state index contributed by atoms with van der Waals surface area (Å²) in [6.07, 6.45) is 0.287. The molecule has 28 nitrogen and oxygen atoms in total. The summed E-state index contributed by atoms with van der Waals surface area (Å²) in [5, 5.41) is 58.9. The molecule has 5 rings (SSSR count). The fraction of sp³-hybridized carbons (Fsp3) is 0.377. The number of amides is 9. The molecule has 30 heteroatoms. The number of phenols is 1. The number of hydrogen-bond acceptors (Lipinski definition) is 16. The van der Waals surface area contributed by atoms with Crippen molar-refractivity contribution in [3.63, 3.8) is 0 Å². The average molecular weight is 1160 g/mol. The van der Waals surface area contributed by atoms with E-state index in [9.17, 15) is 81.6 Å². The number of aromatic nitrogens is 2. The lowest BCUT2D eigenvalue weighted by Gasteiger charge is -2.27. The first-order chi connectivity index (χ1) is 39.1. The molecule has 0 saturated heterocycles. The molecular weight excluding hydrogens is 1100 g/mol. The van der Waals surface area contributed by atoms with Crippen molar-refractivity contribution in [1.82, 2.24) is 52.5 Å². The third-order valence-electron chi connectivity index (χ3n) is 12.8. The molecule has 0 saturated carbocycles. The zero-order valence-electron chi connectivity index (χ0n) is 45.1. The van der Waals surface area contributed by atoms with Crippen molar-refractivity contribution in [2.24, 2.45) is 5.73 Å². The van der Waals surface area contributed by atoms with Crippen molar-refractivity contribution in [2.45, 2.75) is 122 Å². The van der Waals surface area contributed by atoms with Crippen molar-refractivity contribution in [3.8, 4) is 28.2 Å². The number of H-pyrrole nitrogens is 1. The Morgan fingerprint density at radius 1 is 0.699 bits per heavy atom. The first-order valence-electron chi connectivity index (χ1n) is 25.6. The number of unbranched alkanes of at least 4 members (excludes halogenated alkanes) is 1. The Kier molecular flexibility index (Phi) is 22.0. The van der Waals surface area contributed by atoms with Crippen LogP contribution in [-0.2, 0) is 49.6 Å². The lowest BCUT2D eigenvalue weighted by atomic mass is 9.89. The van der Waals surface area contributed by atoms with E-state index in [1.807, 2.05) is 0 Å². The monoisotopic (exact) mass is 1160 g/mol. The second-order valence-corrected chi connectivity index (χ2v) is 19.3. The lowest BCUT2D eigenvalue weighted by Crippen LogP contribution is -2.61. The smallest absolute Gasteiger partial charge is 0.336 e. The summed E-state index contributed by atoms with van der Waals surface area (Å²) in [5.74, 6) is -14.2. The Morgan fingerprint density at radius 2 is 1.31 bits per heavy atom. The van der Waals surface area contributed by atoms with Crippen molar-refractivity contribution in [3.05, 3.63) is 93.7 Å². The van der Waals surface area contributed by atoms with Crippen LogP contribution in [0.4, 0.5) is 8.78 Å². The lowest BCUT2D eigenvalue weighted by molar-refractivity contribution is -0.138. The number of halogens is 2. The van der Waals surface area contributed by atoms with Gasteiger partial charge in [0.15, 0.2) is 17.4 Å². The zero-order valence-corrected chi connectivity index (χ0v) is 45.1. The van der Waals surface area contributed by atoms with Gasteiger partial charge in [0.25, 0.3) is 5.91 Å². The van der Waals surface area contributed by atoms with Gasteiger partial charge in [0.05, 0.1) is 18.0 Å². The summed E-state index contributed by atoms with van der Waals surface area (Å²) in [4.78, 5) is 160. The van der Waals surface area contributed by atoms with Gasteiger partial charge in [0.1, 0.15) is 53.6 Å². The highest BCUT2D eigenvalue weighted by Crippen LogP contribution is 2.43. The third kappa shape index (κ3) is 17.3. The molecule has 0 radical (unpaired) electrons. The van der Waals surface area contributed by atoms with Crippen LogP contribution >= 0.6 is 0 Å². The van der Waals surface area contributed by atoms with Crippen molar-refractivity contribution >= 4 is 76.1 Å². The summed E-state index contributed by atoms with van der Waals surface area (Å²) in [6, 6.07) is -3.04. The number of carbonyl (C=O) groups excluding carboxylic acids is 9. The molecule has 0 spiro atoms. The topological polar surface area (TPSA) is 450 Å². The number of aliphatic carboxylic acids is 1. The Balaban J connectivity index is 1.11. The number of nitrogens with zero attached hydrogens (tertiary/aromatic N) is 1. The van der Waals surface area contributed by atoms with Crippen molar-refractivity contribution in [2.75, 3.05) is 6.54 Å². The van der Waals surface area contributed by atoms with Crippen LogP contribution in [0.1, 0.15) is 93.1 Å². The number of primary amides is 1. The minimum atomic E-state index is -1.74. The number of carboxylic acids is 2. The average Bonchev–Trinajstić information content (AvgIpc) is 2.36. The maximum atomic E-state index is 14.7. The molecule has 0 bridgehead atoms. The molecule has 0 fully saturated rings. The van der Waals surface area contributed by atoms with E-state index >= 15 is 0 Å². The summed E-state index contributed by atoms with van der Waals surface area (Å²) < 4.78 is 34.9. The second kappa shape index (κ2) is 28.5. The number of nitrogens with two attached hydrogens (primary N) is 1. The maximum Gasteiger partial charge on any atom is 0.336 e. The molecule has 1 aliphatic heterocycles. The molecule has 8 atom stereocenters. The normalized spacial score (nSPS) is 14.0. The molecule has 2 heterocycles. The number of nitrogens with one attached hydrogen (secondary N) is 9. The van der Waals surface area contributed by atoms with Gasteiger partial charge in [-0.25, -0.2) is 18.6 Å². The van der Waals surface area contributed by atoms with Gasteiger partial charge in [0, 0.05) is 72.4 Å². The molecular formula is C53H61F2N11O17.